The molecule has 1 aromatic carbocycles. The van der Waals surface area contributed by atoms with Crippen molar-refractivity contribution in [2.75, 3.05) is 0 Å². The molecule has 0 amide bonds. The lowest BCUT2D eigenvalue weighted by molar-refractivity contribution is 0.488. The molecule has 2 N–H and O–H groups in total. The number of hydrogen-bond acceptors (Lipinski definition) is 2. The molecule has 1 unspecified atom stereocenters. The molecule has 1 atom stereocenters. The molecule has 0 radical (unpaired) electrons. The summed E-state index contributed by atoms with van der Waals surface area (Å²) in [6.45, 7) is 0. The minimum absolute atomic E-state index is 0.230. The van der Waals surface area contributed by atoms with Crippen molar-refractivity contribution in [3.8, 4) is 0 Å². The average Bonchev–Trinajstić information content (AvgIpc) is 2.70. The van der Waals surface area contributed by atoms with Gasteiger partial charge in [-0.25, -0.2) is 4.39 Å². The summed E-state index contributed by atoms with van der Waals surface area (Å²) in [7, 11) is 0. The van der Waals surface area contributed by atoms with Crippen molar-refractivity contribution in [1.82, 2.24) is 0 Å². The van der Waals surface area contributed by atoms with Gasteiger partial charge in [0.05, 0.1) is 6.26 Å². The van der Waals surface area contributed by atoms with E-state index in [0.717, 1.165) is 11.3 Å². The van der Waals surface area contributed by atoms with Crippen molar-refractivity contribution in [1.29, 1.82) is 0 Å². The maximum atomic E-state index is 12.9. The van der Waals surface area contributed by atoms with Gasteiger partial charge in [-0.05, 0) is 29.8 Å². The van der Waals surface area contributed by atoms with E-state index in [1.165, 1.54) is 12.1 Å². The first-order chi connectivity index (χ1) is 7.25. The highest BCUT2D eigenvalue weighted by atomic mass is 19.1. The first kappa shape index (κ1) is 9.93. The van der Waals surface area contributed by atoms with E-state index in [1.807, 2.05) is 18.2 Å². The summed E-state index contributed by atoms with van der Waals surface area (Å²) < 4.78 is 18.1. The van der Waals surface area contributed by atoms with Gasteiger partial charge < -0.3 is 10.2 Å². The van der Waals surface area contributed by atoms with E-state index in [0.29, 0.717) is 6.42 Å². The second kappa shape index (κ2) is 4.28. The molecule has 0 saturated heterocycles. The molecule has 0 bridgehead atoms. The smallest absolute Gasteiger partial charge is 0.123 e. The fraction of sp³-hybridized carbons (Fsp3) is 0.167. The number of furan rings is 1. The fourth-order valence-electron chi connectivity index (χ4n) is 1.50. The lowest BCUT2D eigenvalue weighted by atomic mass is 10.0. The van der Waals surface area contributed by atoms with Crippen molar-refractivity contribution in [2.24, 2.45) is 5.73 Å². The van der Waals surface area contributed by atoms with Crippen LogP contribution in [0.25, 0.3) is 0 Å². The lowest BCUT2D eigenvalue weighted by Gasteiger charge is -2.09. The summed E-state index contributed by atoms with van der Waals surface area (Å²) in [5.41, 5.74) is 6.71. The molecule has 78 valence electrons. The van der Waals surface area contributed by atoms with Crippen LogP contribution in [0.4, 0.5) is 4.39 Å². The first-order valence-corrected chi connectivity index (χ1v) is 4.79. The third-order valence-corrected chi connectivity index (χ3v) is 2.28. The van der Waals surface area contributed by atoms with Crippen LogP contribution in [-0.2, 0) is 6.42 Å². The SMILES string of the molecule is NC(Cc1ccco1)c1cccc(F)c1. The predicted octanol–water partition coefficient (Wildman–Crippen LogP) is 2.66. The Balaban J connectivity index is 2.11. The van der Waals surface area contributed by atoms with E-state index < -0.39 is 0 Å². The minimum Gasteiger partial charge on any atom is -0.469 e. The number of benzene rings is 1. The minimum atomic E-state index is -0.262. The van der Waals surface area contributed by atoms with Crippen molar-refractivity contribution in [3.05, 3.63) is 59.8 Å². The normalized spacial score (nSPS) is 12.7. The van der Waals surface area contributed by atoms with Crippen LogP contribution in [-0.4, -0.2) is 0 Å². The number of nitrogens with two attached hydrogens (primary N) is 1. The Morgan fingerprint density at radius 1 is 1.27 bits per heavy atom. The van der Waals surface area contributed by atoms with Crippen LogP contribution >= 0.6 is 0 Å². The van der Waals surface area contributed by atoms with Gasteiger partial charge in [0, 0.05) is 12.5 Å². The van der Waals surface area contributed by atoms with Gasteiger partial charge in [-0.15, -0.1) is 0 Å². The Bertz CT molecular complexity index is 425. The first-order valence-electron chi connectivity index (χ1n) is 4.79. The summed E-state index contributed by atoms with van der Waals surface area (Å²) in [5.74, 6) is 0.550. The second-order valence-electron chi connectivity index (χ2n) is 3.44. The Labute approximate surface area is 87.5 Å². The zero-order chi connectivity index (χ0) is 10.7. The van der Waals surface area contributed by atoms with Crippen LogP contribution in [0.15, 0.2) is 47.1 Å². The average molecular weight is 205 g/mol. The molecule has 0 aliphatic heterocycles. The van der Waals surface area contributed by atoms with Crippen LogP contribution in [0.1, 0.15) is 17.4 Å². The topological polar surface area (TPSA) is 39.2 Å². The lowest BCUT2D eigenvalue weighted by Crippen LogP contribution is -2.13. The molecule has 2 aromatic rings. The van der Waals surface area contributed by atoms with Gasteiger partial charge >= 0.3 is 0 Å². The molecule has 0 fully saturated rings. The molecule has 0 aliphatic rings. The Hall–Kier alpha value is -1.61. The molecule has 3 heteroatoms. The zero-order valence-electron chi connectivity index (χ0n) is 8.19. The van der Waals surface area contributed by atoms with Crippen molar-refractivity contribution in [3.63, 3.8) is 0 Å². The summed E-state index contributed by atoms with van der Waals surface area (Å²) in [4.78, 5) is 0. The monoisotopic (exact) mass is 205 g/mol. The Morgan fingerprint density at radius 2 is 2.13 bits per heavy atom. The number of hydrogen-bond donors (Lipinski definition) is 1. The zero-order valence-corrected chi connectivity index (χ0v) is 8.19. The number of rotatable bonds is 3. The summed E-state index contributed by atoms with van der Waals surface area (Å²) >= 11 is 0. The van der Waals surface area contributed by atoms with Crippen LogP contribution < -0.4 is 5.73 Å². The van der Waals surface area contributed by atoms with Gasteiger partial charge in [-0.2, -0.15) is 0 Å². The molecule has 15 heavy (non-hydrogen) atoms. The molecular weight excluding hydrogens is 193 g/mol. The highest BCUT2D eigenvalue weighted by Crippen LogP contribution is 2.16. The van der Waals surface area contributed by atoms with E-state index in [9.17, 15) is 4.39 Å². The van der Waals surface area contributed by atoms with E-state index in [4.69, 9.17) is 10.2 Å². The molecule has 1 aromatic heterocycles. The van der Waals surface area contributed by atoms with Crippen molar-refractivity contribution >= 4 is 0 Å². The molecule has 0 saturated carbocycles. The van der Waals surface area contributed by atoms with E-state index in [1.54, 1.807) is 12.3 Å². The van der Waals surface area contributed by atoms with Crippen LogP contribution in [0.2, 0.25) is 0 Å². The molecule has 0 aliphatic carbocycles. The van der Waals surface area contributed by atoms with Crippen LogP contribution in [0, 0.1) is 5.82 Å². The van der Waals surface area contributed by atoms with Crippen molar-refractivity contribution in [2.45, 2.75) is 12.5 Å². The summed E-state index contributed by atoms with van der Waals surface area (Å²) in [6, 6.07) is 9.78. The summed E-state index contributed by atoms with van der Waals surface area (Å²) in [5, 5.41) is 0. The van der Waals surface area contributed by atoms with Crippen LogP contribution in [0.3, 0.4) is 0 Å². The highest BCUT2D eigenvalue weighted by Gasteiger charge is 2.09. The highest BCUT2D eigenvalue weighted by molar-refractivity contribution is 5.21. The van der Waals surface area contributed by atoms with Gasteiger partial charge in [0.15, 0.2) is 0 Å². The third-order valence-electron chi connectivity index (χ3n) is 2.28. The maximum Gasteiger partial charge on any atom is 0.123 e. The Morgan fingerprint density at radius 3 is 2.80 bits per heavy atom. The Kier molecular flexibility index (Phi) is 2.83. The molecule has 1 heterocycles. The predicted molar refractivity (Wildman–Crippen MR) is 55.7 cm³/mol. The maximum absolute atomic E-state index is 12.9. The molecular formula is C12H12FNO. The van der Waals surface area contributed by atoms with E-state index in [-0.39, 0.29) is 11.9 Å². The van der Waals surface area contributed by atoms with E-state index >= 15 is 0 Å². The van der Waals surface area contributed by atoms with Gasteiger partial charge in [0.25, 0.3) is 0 Å². The standard InChI is InChI=1S/C12H12FNO/c13-10-4-1-3-9(7-10)12(14)8-11-5-2-6-15-11/h1-7,12H,8,14H2. The fourth-order valence-corrected chi connectivity index (χ4v) is 1.50. The molecule has 2 nitrogen and oxygen atoms in total. The summed E-state index contributed by atoms with van der Waals surface area (Å²) in [6.07, 6.45) is 2.18. The largest absolute Gasteiger partial charge is 0.469 e. The second-order valence-corrected chi connectivity index (χ2v) is 3.44. The van der Waals surface area contributed by atoms with Gasteiger partial charge in [-0.1, -0.05) is 12.1 Å². The molecule has 2 rings (SSSR count). The van der Waals surface area contributed by atoms with Crippen LogP contribution in [0.5, 0.6) is 0 Å². The van der Waals surface area contributed by atoms with E-state index in [2.05, 4.69) is 0 Å². The van der Waals surface area contributed by atoms with Crippen molar-refractivity contribution < 1.29 is 8.81 Å². The van der Waals surface area contributed by atoms with Gasteiger partial charge in [0.2, 0.25) is 0 Å². The van der Waals surface area contributed by atoms with Gasteiger partial charge in [-0.3, -0.25) is 0 Å². The third kappa shape index (κ3) is 2.44. The molecule has 0 spiro atoms. The number of halogens is 1. The quantitative estimate of drug-likeness (QED) is 0.836. The van der Waals surface area contributed by atoms with Gasteiger partial charge in [0.1, 0.15) is 11.6 Å².